The quantitative estimate of drug-likeness (QED) is 0.465. The lowest BCUT2D eigenvalue weighted by Crippen LogP contribution is -2.12. The summed E-state index contributed by atoms with van der Waals surface area (Å²) in [5.74, 6) is 1.15. The summed E-state index contributed by atoms with van der Waals surface area (Å²) in [5.41, 5.74) is 3.11. The van der Waals surface area contributed by atoms with Crippen LogP contribution in [0.1, 0.15) is 35.7 Å². The molecule has 6 heteroatoms. The lowest BCUT2D eigenvalue weighted by atomic mass is 10.0. The van der Waals surface area contributed by atoms with E-state index in [4.69, 9.17) is 4.52 Å². The molecule has 0 saturated carbocycles. The predicted octanol–water partition coefficient (Wildman–Crippen LogP) is 5.84. The van der Waals surface area contributed by atoms with Crippen LogP contribution in [0.2, 0.25) is 0 Å². The number of thiophene rings is 1. The molecule has 0 saturated heterocycles. The summed E-state index contributed by atoms with van der Waals surface area (Å²) in [7, 11) is 0. The Balaban J connectivity index is 1.59. The van der Waals surface area contributed by atoms with Crippen molar-refractivity contribution in [2.24, 2.45) is 0 Å². The van der Waals surface area contributed by atoms with E-state index in [0.717, 1.165) is 4.88 Å². The molecule has 0 aliphatic rings. The van der Waals surface area contributed by atoms with Crippen LogP contribution in [0, 0.1) is 0 Å². The number of hydrogen-bond donors (Lipinski definition) is 1. The van der Waals surface area contributed by atoms with Crippen LogP contribution in [-0.2, 0) is 0 Å². The topological polar surface area (TPSA) is 68.0 Å². The number of benzene rings is 2. The maximum atomic E-state index is 12.7. The van der Waals surface area contributed by atoms with E-state index in [-0.39, 0.29) is 5.91 Å². The fourth-order valence-electron chi connectivity index (χ4n) is 2.83. The molecule has 5 nitrogen and oxygen atoms in total. The summed E-state index contributed by atoms with van der Waals surface area (Å²) in [4.78, 5) is 18.1. The molecule has 28 heavy (non-hydrogen) atoms. The largest absolute Gasteiger partial charge is 0.334 e. The third-order valence-electron chi connectivity index (χ3n) is 4.41. The van der Waals surface area contributed by atoms with Crippen molar-refractivity contribution in [1.82, 2.24) is 10.1 Å². The van der Waals surface area contributed by atoms with Crippen molar-refractivity contribution in [3.63, 3.8) is 0 Å². The van der Waals surface area contributed by atoms with E-state index in [1.54, 1.807) is 11.3 Å². The van der Waals surface area contributed by atoms with Gasteiger partial charge in [-0.2, -0.15) is 4.98 Å². The summed E-state index contributed by atoms with van der Waals surface area (Å²) < 4.78 is 5.44. The fraction of sp³-hybridized carbons (Fsp3) is 0.136. The van der Waals surface area contributed by atoms with E-state index in [2.05, 4.69) is 29.3 Å². The Labute approximate surface area is 167 Å². The first kappa shape index (κ1) is 18.1. The zero-order chi connectivity index (χ0) is 19.5. The standard InChI is InChI=1S/C22H19N3O2S/c1-14(2)15-9-11-16(12-10-15)21(26)23-18-7-4-3-6-17(18)22-24-20(25-27-22)19-8-5-13-28-19/h3-14H,1-2H3,(H,23,26). The molecule has 1 amide bonds. The van der Waals surface area contributed by atoms with Crippen LogP contribution in [0.25, 0.3) is 22.2 Å². The van der Waals surface area contributed by atoms with Crippen molar-refractivity contribution >= 4 is 22.9 Å². The van der Waals surface area contributed by atoms with Gasteiger partial charge in [0.25, 0.3) is 11.8 Å². The van der Waals surface area contributed by atoms with Gasteiger partial charge in [-0.3, -0.25) is 4.79 Å². The van der Waals surface area contributed by atoms with Crippen molar-refractivity contribution in [3.05, 3.63) is 77.2 Å². The van der Waals surface area contributed by atoms with Crippen LogP contribution < -0.4 is 5.32 Å². The highest BCUT2D eigenvalue weighted by Gasteiger charge is 2.16. The van der Waals surface area contributed by atoms with Crippen molar-refractivity contribution in [1.29, 1.82) is 0 Å². The first-order valence-corrected chi connectivity index (χ1v) is 9.88. The highest BCUT2D eigenvalue weighted by Crippen LogP contribution is 2.30. The van der Waals surface area contributed by atoms with Gasteiger partial charge >= 0.3 is 0 Å². The van der Waals surface area contributed by atoms with Crippen LogP contribution in [0.15, 0.2) is 70.6 Å². The van der Waals surface area contributed by atoms with Gasteiger partial charge < -0.3 is 9.84 Å². The minimum atomic E-state index is -0.180. The Hall–Kier alpha value is -3.25. The van der Waals surface area contributed by atoms with E-state index in [1.165, 1.54) is 5.56 Å². The molecular formula is C22H19N3O2S. The number of nitrogens with one attached hydrogen (secondary N) is 1. The second-order valence-electron chi connectivity index (χ2n) is 6.68. The van der Waals surface area contributed by atoms with Crippen LogP contribution in [0.3, 0.4) is 0 Å². The average Bonchev–Trinajstić information content (AvgIpc) is 3.40. The minimum absolute atomic E-state index is 0.180. The highest BCUT2D eigenvalue weighted by atomic mass is 32.1. The van der Waals surface area contributed by atoms with Crippen molar-refractivity contribution in [2.45, 2.75) is 19.8 Å². The third kappa shape index (κ3) is 3.73. The maximum absolute atomic E-state index is 12.7. The highest BCUT2D eigenvalue weighted by molar-refractivity contribution is 7.13. The summed E-state index contributed by atoms with van der Waals surface area (Å²) in [6.07, 6.45) is 0. The molecule has 0 unspecified atom stereocenters. The van der Waals surface area contributed by atoms with Gasteiger partial charge in [0.1, 0.15) is 0 Å². The number of nitrogens with zero attached hydrogens (tertiary/aromatic N) is 2. The van der Waals surface area contributed by atoms with Gasteiger partial charge in [-0.1, -0.05) is 49.3 Å². The molecule has 0 fully saturated rings. The number of hydrogen-bond acceptors (Lipinski definition) is 5. The molecule has 1 N–H and O–H groups in total. The molecular weight excluding hydrogens is 370 g/mol. The first-order chi connectivity index (χ1) is 13.6. The van der Waals surface area contributed by atoms with E-state index in [9.17, 15) is 4.79 Å². The molecule has 140 valence electrons. The van der Waals surface area contributed by atoms with Gasteiger partial charge in [0, 0.05) is 5.56 Å². The predicted molar refractivity (Wildman–Crippen MR) is 112 cm³/mol. The summed E-state index contributed by atoms with van der Waals surface area (Å²) >= 11 is 1.54. The molecule has 2 heterocycles. The molecule has 0 spiro atoms. The Bertz CT molecular complexity index is 1080. The number of rotatable bonds is 5. The molecule has 4 aromatic rings. The molecule has 0 bridgehead atoms. The van der Waals surface area contributed by atoms with Crippen molar-refractivity contribution < 1.29 is 9.32 Å². The van der Waals surface area contributed by atoms with Gasteiger partial charge in [0.05, 0.1) is 16.1 Å². The molecule has 0 aliphatic carbocycles. The zero-order valence-corrected chi connectivity index (χ0v) is 16.4. The molecule has 2 aromatic carbocycles. The van der Waals surface area contributed by atoms with Gasteiger partial charge in [-0.25, -0.2) is 0 Å². The normalized spacial score (nSPS) is 11.0. The van der Waals surface area contributed by atoms with E-state index in [1.807, 2.05) is 66.0 Å². The molecule has 0 atom stereocenters. The van der Waals surface area contributed by atoms with Crippen LogP contribution in [0.4, 0.5) is 5.69 Å². The number of carbonyl (C=O) groups excluding carboxylic acids is 1. The smallest absolute Gasteiger partial charge is 0.260 e. The van der Waals surface area contributed by atoms with E-state index in [0.29, 0.717) is 34.4 Å². The first-order valence-electron chi connectivity index (χ1n) is 9.00. The molecule has 4 rings (SSSR count). The van der Waals surface area contributed by atoms with Crippen LogP contribution >= 0.6 is 11.3 Å². The number of carbonyl (C=O) groups is 1. The SMILES string of the molecule is CC(C)c1ccc(C(=O)Nc2ccccc2-c2nc(-c3cccs3)no2)cc1. The summed E-state index contributed by atoms with van der Waals surface area (Å²) in [5, 5.41) is 8.97. The second-order valence-corrected chi connectivity index (χ2v) is 7.62. The van der Waals surface area contributed by atoms with E-state index >= 15 is 0 Å². The van der Waals surface area contributed by atoms with E-state index < -0.39 is 0 Å². The lowest BCUT2D eigenvalue weighted by molar-refractivity contribution is 0.102. The second kappa shape index (κ2) is 7.78. The number of amides is 1. The van der Waals surface area contributed by atoms with Gasteiger partial charge in [-0.05, 0) is 47.2 Å². The zero-order valence-electron chi connectivity index (χ0n) is 15.5. The monoisotopic (exact) mass is 389 g/mol. The number of anilines is 1. The molecule has 2 aromatic heterocycles. The Morgan fingerprint density at radius 1 is 1.04 bits per heavy atom. The van der Waals surface area contributed by atoms with Gasteiger partial charge in [0.15, 0.2) is 0 Å². The third-order valence-corrected chi connectivity index (χ3v) is 5.28. The summed E-state index contributed by atoms with van der Waals surface area (Å²) in [6.45, 7) is 4.25. The maximum Gasteiger partial charge on any atom is 0.260 e. The molecule has 0 aliphatic heterocycles. The number of aromatic nitrogens is 2. The van der Waals surface area contributed by atoms with Gasteiger partial charge in [0.2, 0.25) is 5.82 Å². The van der Waals surface area contributed by atoms with Gasteiger partial charge in [-0.15, -0.1) is 11.3 Å². The van der Waals surface area contributed by atoms with Crippen LogP contribution in [0.5, 0.6) is 0 Å². The van der Waals surface area contributed by atoms with Crippen molar-refractivity contribution in [2.75, 3.05) is 5.32 Å². The van der Waals surface area contributed by atoms with Crippen LogP contribution in [-0.4, -0.2) is 16.0 Å². The Kier molecular flexibility index (Phi) is 5.04. The Morgan fingerprint density at radius 3 is 2.54 bits per heavy atom. The molecule has 0 radical (unpaired) electrons. The fourth-order valence-corrected chi connectivity index (χ4v) is 3.48. The summed E-state index contributed by atoms with van der Waals surface area (Å²) in [6, 6.07) is 18.9. The number of para-hydroxylation sites is 1. The Morgan fingerprint density at radius 2 is 1.82 bits per heavy atom. The average molecular weight is 389 g/mol. The van der Waals surface area contributed by atoms with Crippen molar-refractivity contribution in [3.8, 4) is 22.2 Å². The lowest BCUT2D eigenvalue weighted by Gasteiger charge is -2.10. The minimum Gasteiger partial charge on any atom is -0.334 e.